The highest BCUT2D eigenvalue weighted by Crippen LogP contribution is 2.27. The van der Waals surface area contributed by atoms with E-state index in [1.807, 2.05) is 19.0 Å². The van der Waals surface area contributed by atoms with Crippen LogP contribution in [-0.2, 0) is 11.1 Å². The number of nitrogens with one attached hydrogen (secondary N) is 1. The monoisotopic (exact) mass is 270 g/mol. The molecule has 0 saturated heterocycles. The second kappa shape index (κ2) is 5.42. The number of rotatable bonds is 5. The molecular formula is C10H14N4O3S. The van der Waals surface area contributed by atoms with Crippen molar-refractivity contribution in [3.63, 3.8) is 0 Å². The molecule has 8 heteroatoms. The van der Waals surface area contributed by atoms with Crippen molar-refractivity contribution in [2.45, 2.75) is 4.90 Å². The molecule has 0 saturated carbocycles. The zero-order valence-corrected chi connectivity index (χ0v) is 10.9. The van der Waals surface area contributed by atoms with Crippen LogP contribution in [0.2, 0.25) is 0 Å². The van der Waals surface area contributed by atoms with Crippen LogP contribution in [0.1, 0.15) is 0 Å². The van der Waals surface area contributed by atoms with Gasteiger partial charge in [0, 0.05) is 20.1 Å². The summed E-state index contributed by atoms with van der Waals surface area (Å²) in [6.07, 6.45) is 0. The maximum atomic E-state index is 11.1. The Kier molecular flexibility index (Phi) is 3.90. The van der Waals surface area contributed by atoms with E-state index in [0.717, 1.165) is 18.8 Å². The maximum Gasteiger partial charge on any atom is 0.188 e. The van der Waals surface area contributed by atoms with Gasteiger partial charge in [0.05, 0.1) is 10.6 Å². The molecule has 1 heterocycles. The van der Waals surface area contributed by atoms with E-state index < -0.39 is 11.1 Å². The van der Waals surface area contributed by atoms with Gasteiger partial charge in [0.25, 0.3) is 0 Å². The molecule has 0 bridgehead atoms. The number of hydrogen-bond acceptors (Lipinski definition) is 6. The Balaban J connectivity index is 2.44. The minimum absolute atomic E-state index is 0.206. The summed E-state index contributed by atoms with van der Waals surface area (Å²) < 4.78 is 25.0. The molecule has 1 aromatic carbocycles. The molecule has 2 N–H and O–H groups in total. The number of hydrogen-bond donors (Lipinski definition) is 2. The molecule has 0 amide bonds. The third-order valence-electron chi connectivity index (χ3n) is 2.65. The van der Waals surface area contributed by atoms with Gasteiger partial charge in [-0.3, -0.25) is 0 Å². The molecule has 98 valence electrons. The summed E-state index contributed by atoms with van der Waals surface area (Å²) in [6, 6.07) is 3.31. The average molecular weight is 270 g/mol. The van der Waals surface area contributed by atoms with E-state index in [-0.39, 0.29) is 4.90 Å². The van der Waals surface area contributed by atoms with Crippen LogP contribution in [0.25, 0.3) is 11.0 Å². The lowest BCUT2D eigenvalue weighted by Crippen LogP contribution is -2.27. The maximum absolute atomic E-state index is 11.1. The van der Waals surface area contributed by atoms with E-state index >= 15 is 0 Å². The number of nitrogens with zero attached hydrogens (tertiary/aromatic N) is 3. The number of aromatic nitrogens is 2. The van der Waals surface area contributed by atoms with Crippen LogP contribution >= 0.6 is 0 Å². The minimum atomic E-state index is -2.10. The number of anilines is 1. The van der Waals surface area contributed by atoms with E-state index in [1.54, 1.807) is 12.1 Å². The van der Waals surface area contributed by atoms with Crippen LogP contribution in [0.4, 0.5) is 5.69 Å². The predicted octanol–water partition coefficient (Wildman–Crippen LogP) is 0.459. The first-order chi connectivity index (χ1) is 8.65. The van der Waals surface area contributed by atoms with Crippen LogP contribution in [0, 0.1) is 0 Å². The highest BCUT2D eigenvalue weighted by atomic mass is 32.2. The molecule has 1 aromatic heterocycles. The van der Waals surface area contributed by atoms with Crippen LogP contribution in [-0.4, -0.2) is 46.3 Å². The van der Waals surface area contributed by atoms with Gasteiger partial charge >= 0.3 is 0 Å². The number of likely N-dealkylation sites (N-methyl/N-ethyl adjacent to an activating group) is 2. The summed E-state index contributed by atoms with van der Waals surface area (Å²) in [7, 11) is 3.79. The van der Waals surface area contributed by atoms with Crippen LogP contribution in [0.15, 0.2) is 21.7 Å². The lowest BCUT2D eigenvalue weighted by atomic mass is 10.2. The van der Waals surface area contributed by atoms with E-state index in [2.05, 4.69) is 20.3 Å². The van der Waals surface area contributed by atoms with Gasteiger partial charge in [0.15, 0.2) is 22.1 Å². The molecule has 0 aliphatic rings. The third-order valence-corrected chi connectivity index (χ3v) is 3.36. The van der Waals surface area contributed by atoms with E-state index in [9.17, 15) is 4.21 Å². The first-order valence-electron chi connectivity index (χ1n) is 5.37. The molecule has 1 unspecified atom stereocenters. The van der Waals surface area contributed by atoms with E-state index in [4.69, 9.17) is 4.55 Å². The van der Waals surface area contributed by atoms with Crippen molar-refractivity contribution in [1.82, 2.24) is 15.6 Å². The molecular weight excluding hydrogens is 256 g/mol. The topological polar surface area (TPSA) is 91.5 Å². The normalized spacial score (nSPS) is 12.8. The number of benzene rings is 1. The second-order valence-electron chi connectivity index (χ2n) is 3.82. The lowest BCUT2D eigenvalue weighted by molar-refractivity contribution is 0.315. The van der Waals surface area contributed by atoms with Gasteiger partial charge < -0.3 is 14.8 Å². The molecule has 0 fully saturated rings. The summed E-state index contributed by atoms with van der Waals surface area (Å²) >= 11 is -2.10. The quantitative estimate of drug-likeness (QED) is 0.762. The molecule has 0 spiro atoms. The van der Waals surface area contributed by atoms with Crippen LogP contribution in [0.3, 0.4) is 0 Å². The standard InChI is InChI=1S/C10H14N4O3S/c1-11-5-6-14(2)7-3-4-8(18(15)16)10-9(7)12-17-13-10/h3-4,11H,5-6H2,1-2H3,(H,15,16). The van der Waals surface area contributed by atoms with Crippen molar-refractivity contribution in [1.29, 1.82) is 0 Å². The van der Waals surface area contributed by atoms with Gasteiger partial charge in [-0.15, -0.1) is 0 Å². The van der Waals surface area contributed by atoms with Crippen molar-refractivity contribution in [2.75, 3.05) is 32.1 Å². The van der Waals surface area contributed by atoms with Crippen molar-refractivity contribution >= 4 is 27.8 Å². The van der Waals surface area contributed by atoms with Gasteiger partial charge in [-0.1, -0.05) is 0 Å². The van der Waals surface area contributed by atoms with Crippen molar-refractivity contribution < 1.29 is 13.4 Å². The summed E-state index contributed by atoms with van der Waals surface area (Å²) in [5.74, 6) is 0. The molecule has 2 rings (SSSR count). The fraction of sp³-hybridized carbons (Fsp3) is 0.400. The van der Waals surface area contributed by atoms with E-state index in [0.29, 0.717) is 11.0 Å². The minimum Gasteiger partial charge on any atom is -0.371 e. The first-order valence-corrected chi connectivity index (χ1v) is 6.47. The Labute approximate surface area is 106 Å². The molecule has 0 radical (unpaired) electrons. The summed E-state index contributed by atoms with van der Waals surface area (Å²) in [5.41, 5.74) is 1.63. The average Bonchev–Trinajstić information content (AvgIpc) is 2.83. The van der Waals surface area contributed by atoms with Gasteiger partial charge in [0.2, 0.25) is 0 Å². The van der Waals surface area contributed by atoms with Crippen molar-refractivity contribution in [3.8, 4) is 0 Å². The summed E-state index contributed by atoms with van der Waals surface area (Å²) in [5, 5.41) is 10.5. The Bertz CT molecular complexity index is 571. The molecule has 2 aromatic rings. The molecule has 18 heavy (non-hydrogen) atoms. The lowest BCUT2D eigenvalue weighted by Gasteiger charge is -2.19. The van der Waals surface area contributed by atoms with E-state index in [1.165, 1.54) is 0 Å². The Morgan fingerprint density at radius 1 is 1.44 bits per heavy atom. The Morgan fingerprint density at radius 2 is 2.17 bits per heavy atom. The molecule has 0 aliphatic heterocycles. The van der Waals surface area contributed by atoms with Crippen LogP contribution in [0.5, 0.6) is 0 Å². The summed E-state index contributed by atoms with van der Waals surface area (Å²) in [6.45, 7) is 1.59. The molecule has 0 aliphatic carbocycles. The van der Waals surface area contributed by atoms with Gasteiger partial charge in [-0.2, -0.15) is 0 Å². The summed E-state index contributed by atoms with van der Waals surface area (Å²) in [4.78, 5) is 2.18. The van der Waals surface area contributed by atoms with Gasteiger partial charge in [0.1, 0.15) is 0 Å². The third kappa shape index (κ3) is 2.35. The molecule has 1 atom stereocenters. The highest BCUT2D eigenvalue weighted by Gasteiger charge is 2.17. The SMILES string of the molecule is CNCCN(C)c1ccc(S(=O)O)c2nonc12. The first kappa shape index (κ1) is 12.9. The molecule has 7 nitrogen and oxygen atoms in total. The van der Waals surface area contributed by atoms with Crippen LogP contribution < -0.4 is 10.2 Å². The van der Waals surface area contributed by atoms with Gasteiger partial charge in [-0.05, 0) is 29.5 Å². The Morgan fingerprint density at radius 3 is 2.83 bits per heavy atom. The van der Waals surface area contributed by atoms with Crippen molar-refractivity contribution in [2.24, 2.45) is 0 Å². The Hall–Kier alpha value is -1.51. The smallest absolute Gasteiger partial charge is 0.188 e. The zero-order chi connectivity index (χ0) is 13.1. The largest absolute Gasteiger partial charge is 0.371 e. The fourth-order valence-electron chi connectivity index (χ4n) is 1.68. The zero-order valence-electron chi connectivity index (χ0n) is 10.1. The van der Waals surface area contributed by atoms with Crippen molar-refractivity contribution in [3.05, 3.63) is 12.1 Å². The number of fused-ring (bicyclic) bond motifs is 1. The fourth-order valence-corrected chi connectivity index (χ4v) is 2.16. The predicted molar refractivity (Wildman–Crippen MR) is 68.0 cm³/mol. The second-order valence-corrected chi connectivity index (χ2v) is 4.76. The van der Waals surface area contributed by atoms with Gasteiger partial charge in [-0.25, -0.2) is 8.84 Å². The highest BCUT2D eigenvalue weighted by molar-refractivity contribution is 7.79.